The van der Waals surface area contributed by atoms with Crippen molar-refractivity contribution in [3.05, 3.63) is 33.5 Å². The van der Waals surface area contributed by atoms with Gasteiger partial charge in [-0.05, 0) is 6.92 Å². The maximum atomic E-state index is 13.4. The first-order chi connectivity index (χ1) is 7.95. The third-order valence-corrected chi connectivity index (χ3v) is 1.94. The number of ether oxygens (including phenoxy) is 1. The lowest BCUT2D eigenvalue weighted by atomic mass is 10.2. The largest absolute Gasteiger partial charge is 0.466 e. The van der Waals surface area contributed by atoms with E-state index in [0.717, 1.165) is 0 Å². The molecule has 1 heterocycles. The summed E-state index contributed by atoms with van der Waals surface area (Å²) in [5.74, 6) is -2.08. The van der Waals surface area contributed by atoms with Gasteiger partial charge in [-0.25, -0.2) is 13.2 Å². The highest BCUT2D eigenvalue weighted by Gasteiger charge is 2.20. The summed E-state index contributed by atoms with van der Waals surface area (Å²) in [6.45, 7) is 1.63. The van der Waals surface area contributed by atoms with Crippen LogP contribution in [0.4, 0.5) is 13.2 Å². The zero-order chi connectivity index (χ0) is 13.0. The molecule has 7 heteroatoms. The molecule has 0 spiro atoms. The molecule has 0 saturated carbocycles. The molecule has 0 atom stereocenters. The van der Waals surface area contributed by atoms with Crippen LogP contribution in [-0.2, 0) is 16.0 Å². The molecular formula is C10H10F3NO3. The Kier molecular flexibility index (Phi) is 4.30. The number of carbonyl (C=O) groups is 1. The van der Waals surface area contributed by atoms with E-state index in [1.165, 1.54) is 0 Å². The molecule has 0 aliphatic heterocycles. The number of H-pyrrole nitrogens is 1. The first-order valence-electron chi connectivity index (χ1n) is 4.81. The number of alkyl halides is 2. The van der Waals surface area contributed by atoms with E-state index in [4.69, 9.17) is 0 Å². The Bertz CT molecular complexity index is 470. The minimum atomic E-state index is -3.11. The van der Waals surface area contributed by atoms with Gasteiger partial charge in [0.1, 0.15) is 0 Å². The van der Waals surface area contributed by atoms with E-state index in [2.05, 4.69) is 4.74 Å². The highest BCUT2D eigenvalue weighted by molar-refractivity contribution is 5.72. The van der Waals surface area contributed by atoms with Gasteiger partial charge in [0.05, 0.1) is 24.3 Å². The van der Waals surface area contributed by atoms with Crippen molar-refractivity contribution >= 4 is 5.97 Å². The van der Waals surface area contributed by atoms with E-state index in [1.54, 1.807) is 6.92 Å². The number of hydrogen-bond acceptors (Lipinski definition) is 3. The Hall–Kier alpha value is -1.79. The maximum Gasteiger partial charge on any atom is 0.311 e. The van der Waals surface area contributed by atoms with Crippen LogP contribution in [0.2, 0.25) is 0 Å². The summed E-state index contributed by atoms with van der Waals surface area (Å²) in [7, 11) is 0. The van der Waals surface area contributed by atoms with Crippen LogP contribution in [0, 0.1) is 5.82 Å². The molecule has 17 heavy (non-hydrogen) atoms. The number of aromatic amines is 1. The summed E-state index contributed by atoms with van der Waals surface area (Å²) in [5, 5.41) is 0. The predicted octanol–water partition coefficient (Wildman–Crippen LogP) is 1.56. The second-order valence-corrected chi connectivity index (χ2v) is 3.16. The average molecular weight is 249 g/mol. The summed E-state index contributed by atoms with van der Waals surface area (Å²) in [5.41, 5.74) is -2.40. The molecule has 0 aliphatic rings. The zero-order valence-electron chi connectivity index (χ0n) is 8.93. The van der Waals surface area contributed by atoms with Gasteiger partial charge in [-0.1, -0.05) is 0 Å². The second kappa shape index (κ2) is 5.51. The molecule has 0 aromatic carbocycles. The van der Waals surface area contributed by atoms with E-state index in [-0.39, 0.29) is 6.61 Å². The number of rotatable bonds is 4. The van der Waals surface area contributed by atoms with Crippen molar-refractivity contribution in [2.75, 3.05) is 6.61 Å². The number of aromatic nitrogens is 1. The van der Waals surface area contributed by atoms with Crippen molar-refractivity contribution in [1.82, 2.24) is 4.98 Å². The summed E-state index contributed by atoms with van der Waals surface area (Å²) in [4.78, 5) is 24.1. The molecule has 0 aliphatic carbocycles. The Morgan fingerprint density at radius 2 is 2.18 bits per heavy atom. The van der Waals surface area contributed by atoms with Gasteiger partial charge in [0, 0.05) is 6.07 Å². The van der Waals surface area contributed by atoms with E-state index in [9.17, 15) is 22.8 Å². The van der Waals surface area contributed by atoms with Gasteiger partial charge in [0.25, 0.3) is 6.43 Å². The first-order valence-corrected chi connectivity index (χ1v) is 4.81. The van der Waals surface area contributed by atoms with E-state index >= 15 is 0 Å². The molecule has 4 nitrogen and oxygen atoms in total. The molecular weight excluding hydrogens is 239 g/mol. The third-order valence-electron chi connectivity index (χ3n) is 1.94. The van der Waals surface area contributed by atoms with Crippen LogP contribution in [0.1, 0.15) is 24.6 Å². The number of halogens is 3. The average Bonchev–Trinajstić information content (AvgIpc) is 2.22. The fourth-order valence-corrected chi connectivity index (χ4v) is 1.26. The normalized spacial score (nSPS) is 10.6. The van der Waals surface area contributed by atoms with Gasteiger partial charge >= 0.3 is 5.97 Å². The van der Waals surface area contributed by atoms with Crippen molar-refractivity contribution in [3.8, 4) is 0 Å². The molecule has 94 valence electrons. The molecule has 1 rings (SSSR count). The van der Waals surface area contributed by atoms with Crippen LogP contribution < -0.4 is 5.56 Å². The van der Waals surface area contributed by atoms with Crippen molar-refractivity contribution in [2.24, 2.45) is 0 Å². The summed E-state index contributed by atoms with van der Waals surface area (Å²) < 4.78 is 42.7. The van der Waals surface area contributed by atoms with Crippen LogP contribution >= 0.6 is 0 Å². The van der Waals surface area contributed by atoms with E-state index < -0.39 is 41.4 Å². The van der Waals surface area contributed by atoms with Crippen LogP contribution in [-0.4, -0.2) is 17.6 Å². The maximum absolute atomic E-state index is 13.4. The lowest BCUT2D eigenvalue weighted by Gasteiger charge is -2.07. The minimum absolute atomic E-state index is 0.0826. The molecule has 0 radical (unpaired) electrons. The Morgan fingerprint density at radius 1 is 1.53 bits per heavy atom. The van der Waals surface area contributed by atoms with Crippen molar-refractivity contribution < 1.29 is 22.7 Å². The molecule has 0 unspecified atom stereocenters. The minimum Gasteiger partial charge on any atom is -0.466 e. The van der Waals surface area contributed by atoms with Crippen LogP contribution in [0.25, 0.3) is 0 Å². The molecule has 0 bridgehead atoms. The first kappa shape index (κ1) is 13.3. The van der Waals surface area contributed by atoms with Gasteiger partial charge in [-0.3, -0.25) is 9.59 Å². The standard InChI is InChI=1S/C10H10F3NO3/c1-2-17-8(16)4-6-9(11)5(10(12)13)3-7(15)14-6/h3,10H,2,4H2,1H3,(H,14,15). The lowest BCUT2D eigenvalue weighted by Crippen LogP contribution is -2.17. The highest BCUT2D eigenvalue weighted by Crippen LogP contribution is 2.21. The van der Waals surface area contributed by atoms with Crippen LogP contribution in [0.5, 0.6) is 0 Å². The second-order valence-electron chi connectivity index (χ2n) is 3.16. The van der Waals surface area contributed by atoms with E-state index in [1.807, 2.05) is 4.98 Å². The van der Waals surface area contributed by atoms with Crippen molar-refractivity contribution in [3.63, 3.8) is 0 Å². The fourth-order valence-electron chi connectivity index (χ4n) is 1.26. The van der Waals surface area contributed by atoms with Gasteiger partial charge < -0.3 is 9.72 Å². The number of nitrogens with one attached hydrogen (secondary N) is 1. The molecule has 1 aromatic heterocycles. The summed E-state index contributed by atoms with van der Waals surface area (Å²) >= 11 is 0. The Balaban J connectivity index is 3.08. The third kappa shape index (κ3) is 3.33. The van der Waals surface area contributed by atoms with Crippen molar-refractivity contribution in [1.29, 1.82) is 0 Å². The van der Waals surface area contributed by atoms with E-state index in [0.29, 0.717) is 6.07 Å². The monoisotopic (exact) mass is 249 g/mol. The van der Waals surface area contributed by atoms with Gasteiger partial charge in [-0.2, -0.15) is 0 Å². The van der Waals surface area contributed by atoms with Crippen LogP contribution in [0.3, 0.4) is 0 Å². The number of carbonyl (C=O) groups excluding carboxylic acids is 1. The van der Waals surface area contributed by atoms with Crippen LogP contribution in [0.15, 0.2) is 10.9 Å². The quantitative estimate of drug-likeness (QED) is 0.824. The molecule has 0 fully saturated rings. The number of esters is 1. The predicted molar refractivity (Wildman–Crippen MR) is 52.3 cm³/mol. The highest BCUT2D eigenvalue weighted by atomic mass is 19.3. The SMILES string of the molecule is CCOC(=O)Cc1[nH]c(=O)cc(C(F)F)c1F. The summed E-state index contributed by atoms with van der Waals surface area (Å²) in [6, 6.07) is 0.467. The number of pyridine rings is 1. The molecule has 0 saturated heterocycles. The lowest BCUT2D eigenvalue weighted by molar-refractivity contribution is -0.142. The van der Waals surface area contributed by atoms with Gasteiger partial charge in [0.15, 0.2) is 5.82 Å². The van der Waals surface area contributed by atoms with Gasteiger partial charge in [-0.15, -0.1) is 0 Å². The van der Waals surface area contributed by atoms with Crippen molar-refractivity contribution in [2.45, 2.75) is 19.8 Å². The Labute approximate surface area is 94.4 Å². The zero-order valence-corrected chi connectivity index (χ0v) is 8.93. The Morgan fingerprint density at radius 3 is 2.71 bits per heavy atom. The topological polar surface area (TPSA) is 59.2 Å². The molecule has 1 N–H and O–H groups in total. The smallest absolute Gasteiger partial charge is 0.311 e. The van der Waals surface area contributed by atoms with Gasteiger partial charge in [0.2, 0.25) is 5.56 Å². The molecule has 0 amide bonds. The fraction of sp³-hybridized carbons (Fsp3) is 0.400. The summed E-state index contributed by atoms with van der Waals surface area (Å²) in [6.07, 6.45) is -3.70. The molecule has 1 aromatic rings. The number of hydrogen-bond donors (Lipinski definition) is 1.